The molecule has 0 bridgehead atoms. The fourth-order valence-electron chi connectivity index (χ4n) is 2.78. The van der Waals surface area contributed by atoms with Gasteiger partial charge in [-0.2, -0.15) is 0 Å². The molecule has 0 heterocycles. The molecule has 116 valence electrons. The van der Waals surface area contributed by atoms with Crippen LogP contribution >= 0.6 is 0 Å². The molecule has 1 aliphatic rings. The number of carbonyl (C=O) groups excluding carboxylic acids is 1. The van der Waals surface area contributed by atoms with Gasteiger partial charge in [0.25, 0.3) is 0 Å². The minimum atomic E-state index is -0.604. The van der Waals surface area contributed by atoms with Gasteiger partial charge in [-0.1, -0.05) is 32.9 Å². The second-order valence-electron chi connectivity index (χ2n) is 7.21. The Bertz CT molecular complexity index is 518. The lowest BCUT2D eigenvalue weighted by Gasteiger charge is -2.27. The lowest BCUT2D eigenvalue weighted by atomic mass is 9.87. The van der Waals surface area contributed by atoms with Gasteiger partial charge in [-0.3, -0.25) is 4.79 Å². The van der Waals surface area contributed by atoms with Crippen molar-refractivity contribution >= 4 is 5.91 Å². The first kappa shape index (κ1) is 16.0. The second kappa shape index (κ2) is 5.76. The number of aliphatic hydroxyl groups excluding tert-OH is 1. The average Bonchev–Trinajstić information content (AvgIpc) is 3.17. The van der Waals surface area contributed by atoms with Gasteiger partial charge in [0, 0.05) is 0 Å². The number of hydrogen-bond acceptors (Lipinski definition) is 2. The summed E-state index contributed by atoms with van der Waals surface area (Å²) < 4.78 is 13.4. The van der Waals surface area contributed by atoms with Crippen LogP contribution in [0.4, 0.5) is 4.39 Å². The number of aliphatic hydroxyl groups is 1. The molecular weight excluding hydrogens is 269 g/mol. The zero-order chi connectivity index (χ0) is 15.7. The van der Waals surface area contributed by atoms with E-state index in [-0.39, 0.29) is 29.8 Å². The maximum atomic E-state index is 13.4. The van der Waals surface area contributed by atoms with Crippen molar-refractivity contribution in [2.24, 2.45) is 5.41 Å². The molecule has 3 nitrogen and oxygen atoms in total. The number of halogens is 1. The van der Waals surface area contributed by atoms with Gasteiger partial charge in [0.15, 0.2) is 0 Å². The molecule has 1 aromatic rings. The Labute approximate surface area is 125 Å². The van der Waals surface area contributed by atoms with Crippen LogP contribution in [-0.2, 0) is 10.2 Å². The van der Waals surface area contributed by atoms with Gasteiger partial charge in [-0.15, -0.1) is 0 Å². The molecule has 21 heavy (non-hydrogen) atoms. The third kappa shape index (κ3) is 3.82. The summed E-state index contributed by atoms with van der Waals surface area (Å²) in [6.45, 7) is 6.13. The zero-order valence-electron chi connectivity index (χ0n) is 12.9. The average molecular weight is 293 g/mol. The Morgan fingerprint density at radius 1 is 1.43 bits per heavy atom. The van der Waals surface area contributed by atoms with E-state index < -0.39 is 5.41 Å². The SMILES string of the molecule is CC(C)(C)CC(CO)NC(=O)C1(c2cccc(F)c2)CC1. The summed E-state index contributed by atoms with van der Waals surface area (Å²) in [7, 11) is 0. The highest BCUT2D eigenvalue weighted by molar-refractivity contribution is 5.91. The highest BCUT2D eigenvalue weighted by Crippen LogP contribution is 2.48. The molecule has 0 radical (unpaired) electrons. The van der Waals surface area contributed by atoms with E-state index in [4.69, 9.17) is 0 Å². The molecule has 0 aromatic heterocycles. The van der Waals surface area contributed by atoms with Gasteiger partial charge < -0.3 is 10.4 Å². The van der Waals surface area contributed by atoms with Gasteiger partial charge in [0.2, 0.25) is 5.91 Å². The van der Waals surface area contributed by atoms with Crippen molar-refractivity contribution in [1.29, 1.82) is 0 Å². The summed E-state index contributed by atoms with van der Waals surface area (Å²) >= 11 is 0. The first-order valence-electron chi connectivity index (χ1n) is 7.45. The van der Waals surface area contributed by atoms with Crippen molar-refractivity contribution < 1.29 is 14.3 Å². The second-order valence-corrected chi connectivity index (χ2v) is 7.21. The molecule has 4 heteroatoms. The van der Waals surface area contributed by atoms with E-state index in [0.717, 1.165) is 18.4 Å². The maximum absolute atomic E-state index is 13.4. The van der Waals surface area contributed by atoms with Crippen LogP contribution in [0.2, 0.25) is 0 Å². The van der Waals surface area contributed by atoms with Crippen LogP contribution in [-0.4, -0.2) is 23.7 Å². The number of nitrogens with one attached hydrogen (secondary N) is 1. The van der Waals surface area contributed by atoms with Crippen LogP contribution in [0.1, 0.15) is 45.6 Å². The number of hydrogen-bond donors (Lipinski definition) is 2. The summed E-state index contributed by atoms with van der Waals surface area (Å²) in [4.78, 5) is 12.5. The standard InChI is InChI=1S/C17H24FNO2/c1-16(2,3)10-14(11-20)19-15(21)17(7-8-17)12-5-4-6-13(18)9-12/h4-6,9,14,20H,7-8,10-11H2,1-3H3,(H,19,21). The molecular formula is C17H24FNO2. The third-order valence-electron chi connectivity index (χ3n) is 3.98. The quantitative estimate of drug-likeness (QED) is 0.877. The Morgan fingerprint density at radius 2 is 2.10 bits per heavy atom. The van der Waals surface area contributed by atoms with Crippen molar-refractivity contribution in [3.63, 3.8) is 0 Å². The van der Waals surface area contributed by atoms with Crippen molar-refractivity contribution in [1.82, 2.24) is 5.32 Å². The molecule has 2 rings (SSSR count). The monoisotopic (exact) mass is 293 g/mol. The van der Waals surface area contributed by atoms with E-state index >= 15 is 0 Å². The smallest absolute Gasteiger partial charge is 0.230 e. The fourth-order valence-corrected chi connectivity index (χ4v) is 2.78. The van der Waals surface area contributed by atoms with Crippen LogP contribution in [0.5, 0.6) is 0 Å². The van der Waals surface area contributed by atoms with Gasteiger partial charge in [-0.05, 0) is 42.4 Å². The van der Waals surface area contributed by atoms with Crippen LogP contribution in [0.25, 0.3) is 0 Å². The number of benzene rings is 1. The normalized spacial score (nSPS) is 18.1. The summed E-state index contributed by atoms with van der Waals surface area (Å²) in [6, 6.07) is 5.99. The summed E-state index contributed by atoms with van der Waals surface area (Å²) in [5.41, 5.74) is 0.149. The van der Waals surface area contributed by atoms with Crippen molar-refractivity contribution in [3.8, 4) is 0 Å². The Hall–Kier alpha value is -1.42. The Morgan fingerprint density at radius 3 is 2.57 bits per heavy atom. The highest BCUT2D eigenvalue weighted by atomic mass is 19.1. The summed E-state index contributed by atoms with van der Waals surface area (Å²) in [5.74, 6) is -0.420. The van der Waals surface area contributed by atoms with Crippen molar-refractivity contribution in [3.05, 3.63) is 35.6 Å². The molecule has 0 aliphatic heterocycles. The lowest BCUT2D eigenvalue weighted by molar-refractivity contribution is -0.124. The molecule has 0 saturated heterocycles. The maximum Gasteiger partial charge on any atom is 0.230 e. The van der Waals surface area contributed by atoms with Gasteiger partial charge in [-0.25, -0.2) is 4.39 Å². The fraction of sp³-hybridized carbons (Fsp3) is 0.588. The minimum absolute atomic E-state index is 0.0241. The molecule has 1 saturated carbocycles. The van der Waals surface area contributed by atoms with E-state index in [0.29, 0.717) is 6.42 Å². The summed E-state index contributed by atoms with van der Waals surface area (Å²) in [5, 5.41) is 12.4. The van der Waals surface area contributed by atoms with Gasteiger partial charge in [0.05, 0.1) is 18.1 Å². The third-order valence-corrected chi connectivity index (χ3v) is 3.98. The highest BCUT2D eigenvalue weighted by Gasteiger charge is 2.51. The van der Waals surface area contributed by atoms with E-state index in [1.54, 1.807) is 12.1 Å². The minimum Gasteiger partial charge on any atom is -0.394 e. The Balaban J connectivity index is 2.09. The van der Waals surface area contributed by atoms with Crippen LogP contribution < -0.4 is 5.32 Å². The van der Waals surface area contributed by atoms with Crippen LogP contribution in [0.15, 0.2) is 24.3 Å². The first-order chi connectivity index (χ1) is 9.77. The van der Waals surface area contributed by atoms with Crippen LogP contribution in [0.3, 0.4) is 0 Å². The van der Waals surface area contributed by atoms with Gasteiger partial charge >= 0.3 is 0 Å². The lowest BCUT2D eigenvalue weighted by Crippen LogP contribution is -2.45. The molecule has 1 atom stereocenters. The summed E-state index contributed by atoms with van der Waals surface area (Å²) in [6.07, 6.45) is 2.17. The topological polar surface area (TPSA) is 49.3 Å². The zero-order valence-corrected chi connectivity index (χ0v) is 12.9. The predicted molar refractivity (Wildman–Crippen MR) is 80.4 cm³/mol. The Kier molecular flexibility index (Phi) is 4.38. The van der Waals surface area contributed by atoms with Crippen LogP contribution in [0, 0.1) is 11.2 Å². The molecule has 0 spiro atoms. The predicted octanol–water partition coefficient (Wildman–Crippen LogP) is 2.77. The molecule has 1 fully saturated rings. The molecule has 1 aromatic carbocycles. The molecule has 1 amide bonds. The van der Waals surface area contributed by atoms with E-state index in [9.17, 15) is 14.3 Å². The largest absolute Gasteiger partial charge is 0.394 e. The van der Waals surface area contributed by atoms with Crippen molar-refractivity contribution in [2.45, 2.75) is 51.5 Å². The molecule has 2 N–H and O–H groups in total. The van der Waals surface area contributed by atoms with E-state index in [2.05, 4.69) is 26.1 Å². The number of rotatable bonds is 5. The van der Waals surface area contributed by atoms with Crippen molar-refractivity contribution in [2.75, 3.05) is 6.61 Å². The molecule has 1 unspecified atom stereocenters. The molecule has 1 aliphatic carbocycles. The number of amides is 1. The van der Waals surface area contributed by atoms with E-state index in [1.807, 2.05) is 0 Å². The van der Waals surface area contributed by atoms with Gasteiger partial charge in [0.1, 0.15) is 5.82 Å². The van der Waals surface area contributed by atoms with E-state index in [1.165, 1.54) is 12.1 Å². The first-order valence-corrected chi connectivity index (χ1v) is 7.45. The number of carbonyl (C=O) groups is 1.